The van der Waals surface area contributed by atoms with Crippen molar-refractivity contribution in [3.8, 4) is 11.5 Å². The zero-order chi connectivity index (χ0) is 10.9. The monoisotopic (exact) mass is 196 g/mol. The Hall–Kier alpha value is -1.22. The number of aliphatic hydroxyl groups is 1. The molecule has 0 amide bonds. The van der Waals surface area contributed by atoms with E-state index < -0.39 is 6.10 Å². The van der Waals surface area contributed by atoms with Crippen LogP contribution in [-0.2, 0) is 6.42 Å². The van der Waals surface area contributed by atoms with Crippen LogP contribution in [0.3, 0.4) is 0 Å². The Labute approximate surface area is 83.6 Å². The van der Waals surface area contributed by atoms with Gasteiger partial charge in [0.1, 0.15) is 11.5 Å². The fraction of sp³-hybridized carbons (Fsp3) is 0.455. The van der Waals surface area contributed by atoms with Crippen LogP contribution in [0.15, 0.2) is 6.07 Å². The van der Waals surface area contributed by atoms with Crippen LogP contribution in [0, 0.1) is 13.8 Å². The number of phenolic OH excluding ortho intramolecular Hbond substituents is 2. The number of aromatic hydroxyl groups is 2. The van der Waals surface area contributed by atoms with Crippen molar-refractivity contribution in [3.63, 3.8) is 0 Å². The van der Waals surface area contributed by atoms with Crippen LogP contribution in [0.1, 0.15) is 23.6 Å². The molecule has 0 aromatic heterocycles. The molecule has 3 N–H and O–H groups in total. The lowest BCUT2D eigenvalue weighted by atomic mass is 10.00. The second kappa shape index (κ2) is 3.88. The summed E-state index contributed by atoms with van der Waals surface area (Å²) in [4.78, 5) is 0. The molecule has 0 heterocycles. The maximum Gasteiger partial charge on any atom is 0.125 e. The number of hydrogen-bond donors (Lipinski definition) is 3. The third-order valence-corrected chi connectivity index (χ3v) is 2.29. The average molecular weight is 196 g/mol. The number of benzene rings is 1. The van der Waals surface area contributed by atoms with E-state index in [4.69, 9.17) is 0 Å². The highest BCUT2D eigenvalue weighted by molar-refractivity contribution is 5.52. The van der Waals surface area contributed by atoms with E-state index >= 15 is 0 Å². The van der Waals surface area contributed by atoms with Gasteiger partial charge in [-0.05, 0) is 38.0 Å². The Morgan fingerprint density at radius 3 is 2.29 bits per heavy atom. The molecule has 0 bridgehead atoms. The number of aryl methyl sites for hydroxylation is 1. The highest BCUT2D eigenvalue weighted by Gasteiger charge is 2.12. The Morgan fingerprint density at radius 1 is 1.21 bits per heavy atom. The number of rotatable bonds is 2. The molecule has 0 aliphatic rings. The quantitative estimate of drug-likeness (QED) is 0.673. The Kier molecular flexibility index (Phi) is 3.01. The van der Waals surface area contributed by atoms with Gasteiger partial charge < -0.3 is 15.3 Å². The molecule has 1 aromatic carbocycles. The molecule has 3 heteroatoms. The third kappa shape index (κ3) is 1.99. The molecule has 0 saturated carbocycles. The van der Waals surface area contributed by atoms with Crippen molar-refractivity contribution in [2.75, 3.05) is 0 Å². The van der Waals surface area contributed by atoms with Gasteiger partial charge in [0.2, 0.25) is 0 Å². The highest BCUT2D eigenvalue weighted by atomic mass is 16.3. The summed E-state index contributed by atoms with van der Waals surface area (Å²) in [5.74, 6) is 0.200. The van der Waals surface area contributed by atoms with Crippen LogP contribution >= 0.6 is 0 Å². The summed E-state index contributed by atoms with van der Waals surface area (Å²) in [5.41, 5.74) is 1.87. The molecule has 1 aromatic rings. The maximum atomic E-state index is 9.68. The van der Waals surface area contributed by atoms with Gasteiger partial charge in [-0.2, -0.15) is 0 Å². The molecule has 14 heavy (non-hydrogen) atoms. The van der Waals surface area contributed by atoms with Crippen LogP contribution in [0.2, 0.25) is 0 Å². The molecular weight excluding hydrogens is 180 g/mol. The Balaban J connectivity index is 3.19. The zero-order valence-electron chi connectivity index (χ0n) is 8.70. The van der Waals surface area contributed by atoms with Gasteiger partial charge in [-0.3, -0.25) is 0 Å². The molecule has 0 spiro atoms. The second-order valence-electron chi connectivity index (χ2n) is 3.73. The summed E-state index contributed by atoms with van der Waals surface area (Å²) in [6, 6.07) is 1.70. The van der Waals surface area contributed by atoms with E-state index in [9.17, 15) is 15.3 Å². The molecule has 0 aliphatic carbocycles. The van der Waals surface area contributed by atoms with Crippen LogP contribution in [-0.4, -0.2) is 21.4 Å². The molecule has 0 saturated heterocycles. The second-order valence-corrected chi connectivity index (χ2v) is 3.73. The Bertz CT molecular complexity index is 343. The smallest absolute Gasteiger partial charge is 0.125 e. The first-order chi connectivity index (χ1) is 6.43. The fourth-order valence-electron chi connectivity index (χ4n) is 1.52. The summed E-state index contributed by atoms with van der Waals surface area (Å²) in [5, 5.41) is 28.4. The Morgan fingerprint density at radius 2 is 1.79 bits per heavy atom. The van der Waals surface area contributed by atoms with Crippen LogP contribution < -0.4 is 0 Å². The van der Waals surface area contributed by atoms with Gasteiger partial charge >= 0.3 is 0 Å². The number of phenols is 2. The van der Waals surface area contributed by atoms with E-state index in [1.807, 2.05) is 0 Å². The largest absolute Gasteiger partial charge is 0.507 e. The molecule has 3 nitrogen and oxygen atoms in total. The van der Waals surface area contributed by atoms with Gasteiger partial charge in [0, 0.05) is 12.0 Å². The van der Waals surface area contributed by atoms with Gasteiger partial charge in [-0.1, -0.05) is 0 Å². The first kappa shape index (κ1) is 10.9. The van der Waals surface area contributed by atoms with Crippen molar-refractivity contribution >= 4 is 0 Å². The number of hydrogen-bond acceptors (Lipinski definition) is 3. The van der Waals surface area contributed by atoms with Gasteiger partial charge in [-0.25, -0.2) is 0 Å². The first-order valence-electron chi connectivity index (χ1n) is 4.62. The molecule has 78 valence electrons. The predicted molar refractivity (Wildman–Crippen MR) is 54.6 cm³/mol. The van der Waals surface area contributed by atoms with Crippen molar-refractivity contribution in [3.05, 3.63) is 22.8 Å². The van der Waals surface area contributed by atoms with Crippen molar-refractivity contribution in [2.24, 2.45) is 0 Å². The molecular formula is C11H16O3. The topological polar surface area (TPSA) is 60.7 Å². The maximum absolute atomic E-state index is 9.68. The van der Waals surface area contributed by atoms with Gasteiger partial charge in [0.15, 0.2) is 0 Å². The highest BCUT2D eigenvalue weighted by Crippen LogP contribution is 2.33. The summed E-state index contributed by atoms with van der Waals surface area (Å²) < 4.78 is 0. The van der Waals surface area contributed by atoms with Crippen LogP contribution in [0.4, 0.5) is 0 Å². The summed E-state index contributed by atoms with van der Waals surface area (Å²) in [6.45, 7) is 5.09. The van der Waals surface area contributed by atoms with E-state index in [1.54, 1.807) is 26.8 Å². The lowest BCUT2D eigenvalue weighted by Crippen LogP contribution is -2.05. The van der Waals surface area contributed by atoms with E-state index in [2.05, 4.69) is 0 Å². The van der Waals surface area contributed by atoms with Crippen molar-refractivity contribution in [2.45, 2.75) is 33.3 Å². The molecule has 0 fully saturated rings. The average Bonchev–Trinajstić information content (AvgIpc) is 2.10. The minimum Gasteiger partial charge on any atom is -0.507 e. The molecule has 0 aliphatic heterocycles. The van der Waals surface area contributed by atoms with Gasteiger partial charge in [0.05, 0.1) is 6.10 Å². The van der Waals surface area contributed by atoms with Gasteiger partial charge in [-0.15, -0.1) is 0 Å². The van der Waals surface area contributed by atoms with Crippen molar-refractivity contribution < 1.29 is 15.3 Å². The van der Waals surface area contributed by atoms with E-state index in [0.717, 1.165) is 5.56 Å². The minimum atomic E-state index is -0.496. The number of aliphatic hydroxyl groups excluding tert-OH is 1. The lowest BCUT2D eigenvalue weighted by molar-refractivity contribution is 0.194. The van der Waals surface area contributed by atoms with E-state index in [-0.39, 0.29) is 11.5 Å². The molecule has 1 atom stereocenters. The van der Waals surface area contributed by atoms with E-state index in [1.165, 1.54) is 0 Å². The van der Waals surface area contributed by atoms with Crippen LogP contribution in [0.5, 0.6) is 11.5 Å². The summed E-state index contributed by atoms with van der Waals surface area (Å²) in [7, 11) is 0. The zero-order valence-corrected chi connectivity index (χ0v) is 8.70. The SMILES string of the molecule is Cc1cc(CC(C)O)c(O)c(C)c1O. The standard InChI is InChI=1S/C11H16O3/c1-6-4-9(5-7(2)12)11(14)8(3)10(6)13/h4,7,12-14H,5H2,1-3H3. The van der Waals surface area contributed by atoms with Crippen LogP contribution in [0.25, 0.3) is 0 Å². The van der Waals surface area contributed by atoms with Crippen molar-refractivity contribution in [1.29, 1.82) is 0 Å². The van der Waals surface area contributed by atoms with Gasteiger partial charge in [0.25, 0.3) is 0 Å². The third-order valence-electron chi connectivity index (χ3n) is 2.29. The molecule has 0 radical (unpaired) electrons. The van der Waals surface area contributed by atoms with Crippen molar-refractivity contribution in [1.82, 2.24) is 0 Å². The lowest BCUT2D eigenvalue weighted by Gasteiger charge is -2.12. The van der Waals surface area contributed by atoms with E-state index in [0.29, 0.717) is 17.5 Å². The normalized spacial score (nSPS) is 12.9. The fourth-order valence-corrected chi connectivity index (χ4v) is 1.52. The summed E-state index contributed by atoms with van der Waals surface area (Å²) >= 11 is 0. The summed E-state index contributed by atoms with van der Waals surface area (Å²) in [6.07, 6.45) is -0.0995. The molecule has 1 rings (SSSR count). The predicted octanol–water partition coefficient (Wildman–Crippen LogP) is 1.64. The first-order valence-corrected chi connectivity index (χ1v) is 4.62. The molecule has 1 unspecified atom stereocenters. The minimum absolute atomic E-state index is 0.0778.